The molecule has 4 nitrogen and oxygen atoms in total. The minimum absolute atomic E-state index is 0.149. The lowest BCUT2D eigenvalue weighted by molar-refractivity contribution is 0.0664. The Kier molecular flexibility index (Phi) is 3.75. The number of rotatable bonds is 1. The maximum absolute atomic E-state index is 12.2. The van der Waals surface area contributed by atoms with Crippen LogP contribution in [-0.4, -0.2) is 28.4 Å². The third-order valence-electron chi connectivity index (χ3n) is 2.86. The highest BCUT2D eigenvalue weighted by Gasteiger charge is 2.27. The Morgan fingerprint density at radius 1 is 1.53 bits per heavy atom. The Morgan fingerprint density at radius 3 is 3.00 bits per heavy atom. The molecule has 2 heterocycles. The van der Waals surface area contributed by atoms with Gasteiger partial charge in [0, 0.05) is 17.2 Å². The van der Waals surface area contributed by atoms with Crippen LogP contribution in [0.5, 0.6) is 0 Å². The van der Waals surface area contributed by atoms with Crippen LogP contribution in [0.15, 0.2) is 22.8 Å². The van der Waals surface area contributed by atoms with Crippen LogP contribution in [0.4, 0.5) is 0 Å². The molecule has 1 fully saturated rings. The van der Waals surface area contributed by atoms with Crippen LogP contribution in [0.25, 0.3) is 0 Å². The molecule has 0 spiro atoms. The van der Waals surface area contributed by atoms with E-state index in [1.54, 1.807) is 23.2 Å². The number of piperidine rings is 1. The molecule has 1 unspecified atom stereocenters. The smallest absolute Gasteiger partial charge is 0.273 e. The van der Waals surface area contributed by atoms with Gasteiger partial charge in [-0.15, -0.1) is 0 Å². The first kappa shape index (κ1) is 12.1. The van der Waals surface area contributed by atoms with E-state index >= 15 is 0 Å². The zero-order chi connectivity index (χ0) is 12.3. The van der Waals surface area contributed by atoms with Gasteiger partial charge in [0.1, 0.15) is 11.7 Å². The zero-order valence-corrected chi connectivity index (χ0v) is 10.9. The van der Waals surface area contributed by atoms with Gasteiger partial charge in [-0.3, -0.25) is 4.79 Å². The number of pyridine rings is 1. The number of likely N-dealkylation sites (tertiary alicyclic amines) is 1. The molecule has 0 radical (unpaired) electrons. The molecule has 0 aromatic carbocycles. The summed E-state index contributed by atoms with van der Waals surface area (Å²) < 4.78 is 0.838. The largest absolute Gasteiger partial charge is 0.321 e. The summed E-state index contributed by atoms with van der Waals surface area (Å²) in [6, 6.07) is 5.34. The number of hydrogen-bond donors (Lipinski definition) is 0. The molecule has 1 amide bonds. The Hall–Kier alpha value is -1.41. The van der Waals surface area contributed by atoms with Crippen molar-refractivity contribution in [3.63, 3.8) is 0 Å². The molecule has 0 aliphatic carbocycles. The fourth-order valence-corrected chi connectivity index (χ4v) is 2.19. The molecule has 2 rings (SSSR count). The van der Waals surface area contributed by atoms with E-state index in [9.17, 15) is 4.79 Å². The Bertz CT molecular complexity index is 452. The topological polar surface area (TPSA) is 57.0 Å². The average molecular weight is 294 g/mol. The van der Waals surface area contributed by atoms with Gasteiger partial charge < -0.3 is 4.90 Å². The lowest BCUT2D eigenvalue weighted by atomic mass is 10.0. The number of aromatic nitrogens is 1. The predicted molar refractivity (Wildman–Crippen MR) is 66.2 cm³/mol. The summed E-state index contributed by atoms with van der Waals surface area (Å²) in [4.78, 5) is 17.9. The summed E-state index contributed by atoms with van der Waals surface area (Å²) in [5, 5.41) is 9.03. The first-order chi connectivity index (χ1) is 8.22. The van der Waals surface area contributed by atoms with Crippen molar-refractivity contribution in [3.05, 3.63) is 28.5 Å². The van der Waals surface area contributed by atoms with Gasteiger partial charge in [0.25, 0.3) is 5.91 Å². The van der Waals surface area contributed by atoms with Crippen molar-refractivity contribution >= 4 is 21.8 Å². The van der Waals surface area contributed by atoms with E-state index in [0.29, 0.717) is 12.2 Å². The summed E-state index contributed by atoms with van der Waals surface area (Å²) in [5.41, 5.74) is 0.398. The summed E-state index contributed by atoms with van der Waals surface area (Å²) in [7, 11) is 0. The lowest BCUT2D eigenvalue weighted by Gasteiger charge is -2.31. The van der Waals surface area contributed by atoms with Gasteiger partial charge in [-0.2, -0.15) is 5.26 Å². The molecule has 1 saturated heterocycles. The molecule has 1 aromatic heterocycles. The van der Waals surface area contributed by atoms with Crippen molar-refractivity contribution < 1.29 is 4.79 Å². The second-order valence-corrected chi connectivity index (χ2v) is 4.92. The number of nitrogens with zero attached hydrogens (tertiary/aromatic N) is 3. The maximum atomic E-state index is 12.2. The molecular formula is C12H12BrN3O. The molecule has 0 saturated carbocycles. The molecule has 17 heavy (non-hydrogen) atoms. The molecule has 1 aromatic rings. The quantitative estimate of drug-likeness (QED) is 0.799. The highest BCUT2D eigenvalue weighted by atomic mass is 79.9. The number of hydrogen-bond acceptors (Lipinski definition) is 3. The maximum Gasteiger partial charge on any atom is 0.273 e. The monoisotopic (exact) mass is 293 g/mol. The molecule has 0 bridgehead atoms. The van der Waals surface area contributed by atoms with Crippen LogP contribution >= 0.6 is 15.9 Å². The fourth-order valence-electron chi connectivity index (χ4n) is 1.96. The Morgan fingerprint density at radius 2 is 2.35 bits per heavy atom. The third-order valence-corrected chi connectivity index (χ3v) is 3.33. The summed E-state index contributed by atoms with van der Waals surface area (Å²) >= 11 is 3.28. The van der Waals surface area contributed by atoms with Gasteiger partial charge in [0.2, 0.25) is 0 Å². The minimum Gasteiger partial charge on any atom is -0.321 e. The van der Waals surface area contributed by atoms with E-state index in [2.05, 4.69) is 27.0 Å². The van der Waals surface area contributed by atoms with Crippen LogP contribution in [0.2, 0.25) is 0 Å². The van der Waals surface area contributed by atoms with Crippen LogP contribution in [0.3, 0.4) is 0 Å². The number of carbonyl (C=O) groups is 1. The molecule has 88 valence electrons. The van der Waals surface area contributed by atoms with Gasteiger partial charge in [-0.25, -0.2) is 4.98 Å². The van der Waals surface area contributed by atoms with Crippen molar-refractivity contribution in [2.45, 2.75) is 25.3 Å². The van der Waals surface area contributed by atoms with Gasteiger partial charge in [-0.1, -0.05) is 0 Å². The Labute approximate surface area is 108 Å². The van der Waals surface area contributed by atoms with E-state index in [1.807, 2.05) is 0 Å². The standard InChI is InChI=1S/C12H12BrN3O/c13-9-4-5-11(15-8-9)12(17)16-6-2-1-3-10(16)7-14/h4-5,8,10H,1-3,6H2. The number of nitriles is 1. The van der Waals surface area contributed by atoms with Gasteiger partial charge in [-0.05, 0) is 47.3 Å². The van der Waals surface area contributed by atoms with Crippen molar-refractivity contribution in [2.24, 2.45) is 0 Å². The summed E-state index contributed by atoms with van der Waals surface area (Å²) in [6.07, 6.45) is 4.33. The summed E-state index contributed by atoms with van der Waals surface area (Å²) in [5.74, 6) is -0.149. The predicted octanol–water partition coefficient (Wildman–Crippen LogP) is 2.36. The number of carbonyl (C=O) groups excluding carboxylic acids is 1. The lowest BCUT2D eigenvalue weighted by Crippen LogP contribution is -2.43. The van der Waals surface area contributed by atoms with Crippen molar-refractivity contribution in [1.82, 2.24) is 9.88 Å². The van der Waals surface area contributed by atoms with Crippen LogP contribution in [0.1, 0.15) is 29.8 Å². The first-order valence-electron chi connectivity index (χ1n) is 5.54. The van der Waals surface area contributed by atoms with E-state index in [4.69, 9.17) is 5.26 Å². The molecule has 0 N–H and O–H groups in total. The van der Waals surface area contributed by atoms with Crippen molar-refractivity contribution in [2.75, 3.05) is 6.54 Å². The van der Waals surface area contributed by atoms with Gasteiger partial charge >= 0.3 is 0 Å². The SMILES string of the molecule is N#CC1CCCCN1C(=O)c1ccc(Br)cn1. The van der Waals surface area contributed by atoms with Crippen molar-refractivity contribution in [3.8, 4) is 6.07 Å². The van der Waals surface area contributed by atoms with Crippen LogP contribution in [-0.2, 0) is 0 Å². The van der Waals surface area contributed by atoms with E-state index in [-0.39, 0.29) is 11.9 Å². The van der Waals surface area contributed by atoms with E-state index < -0.39 is 0 Å². The molecule has 1 aliphatic heterocycles. The summed E-state index contributed by atoms with van der Waals surface area (Å²) in [6.45, 7) is 0.648. The van der Waals surface area contributed by atoms with E-state index in [1.165, 1.54) is 0 Å². The molecular weight excluding hydrogens is 282 g/mol. The second-order valence-electron chi connectivity index (χ2n) is 4.00. The number of amides is 1. The van der Waals surface area contributed by atoms with Gasteiger partial charge in [0.15, 0.2) is 0 Å². The van der Waals surface area contributed by atoms with Gasteiger partial charge in [0.05, 0.1) is 6.07 Å². The first-order valence-corrected chi connectivity index (χ1v) is 6.34. The van der Waals surface area contributed by atoms with Crippen LogP contribution < -0.4 is 0 Å². The fraction of sp³-hybridized carbons (Fsp3) is 0.417. The van der Waals surface area contributed by atoms with Crippen molar-refractivity contribution in [1.29, 1.82) is 5.26 Å². The van der Waals surface area contributed by atoms with Crippen LogP contribution in [0, 0.1) is 11.3 Å². The third kappa shape index (κ3) is 2.64. The zero-order valence-electron chi connectivity index (χ0n) is 9.27. The highest BCUT2D eigenvalue weighted by Crippen LogP contribution is 2.19. The minimum atomic E-state index is -0.304. The second kappa shape index (κ2) is 5.28. The number of halogens is 1. The Balaban J connectivity index is 2.18. The normalized spacial score (nSPS) is 19.8. The molecule has 1 atom stereocenters. The van der Waals surface area contributed by atoms with E-state index in [0.717, 1.165) is 23.7 Å². The molecule has 1 aliphatic rings. The average Bonchev–Trinajstić information content (AvgIpc) is 2.39. The highest BCUT2D eigenvalue weighted by molar-refractivity contribution is 9.10. The molecule has 5 heteroatoms.